The normalized spacial score (nSPS) is 12.8. The standard InChI is InChI=1S/C25H19N5/c26-19-11-15-5-1-3-13-7-9-17(21(13)15)23(19)29-25(28)30-24-18-10-8-14-4-2-6-16(22(14)18)12-20(24)27/h1-12H,26-27H2,(H3,28,29,30). The summed E-state index contributed by atoms with van der Waals surface area (Å²) in [6.07, 6.45) is 8.24. The Bertz CT molecular complexity index is 1370. The Balaban J connectivity index is 1.39. The maximum absolute atomic E-state index is 8.57. The van der Waals surface area contributed by atoms with Crippen molar-refractivity contribution < 1.29 is 0 Å². The average Bonchev–Trinajstić information content (AvgIpc) is 3.35. The zero-order chi connectivity index (χ0) is 20.4. The molecule has 0 unspecified atom stereocenters. The smallest absolute Gasteiger partial charge is 0.197 e. The zero-order valence-corrected chi connectivity index (χ0v) is 16.1. The first-order chi connectivity index (χ1) is 14.6. The Hall–Kier alpha value is -4.25. The first-order valence-electron chi connectivity index (χ1n) is 9.79. The molecule has 0 spiro atoms. The van der Waals surface area contributed by atoms with E-state index in [1.54, 1.807) is 0 Å². The summed E-state index contributed by atoms with van der Waals surface area (Å²) in [5, 5.41) is 19.4. The lowest BCUT2D eigenvalue weighted by molar-refractivity contribution is 1.43. The van der Waals surface area contributed by atoms with Gasteiger partial charge in [0.1, 0.15) is 0 Å². The van der Waals surface area contributed by atoms with Crippen LogP contribution in [0.2, 0.25) is 0 Å². The van der Waals surface area contributed by atoms with Gasteiger partial charge < -0.3 is 22.1 Å². The summed E-state index contributed by atoms with van der Waals surface area (Å²) < 4.78 is 0. The summed E-state index contributed by atoms with van der Waals surface area (Å²) in [5.41, 5.74) is 19.7. The summed E-state index contributed by atoms with van der Waals surface area (Å²) in [6, 6.07) is 16.2. The van der Waals surface area contributed by atoms with Crippen molar-refractivity contribution in [3.8, 4) is 0 Å². The molecule has 5 nitrogen and oxygen atoms in total. The Labute approximate surface area is 173 Å². The van der Waals surface area contributed by atoms with Crippen LogP contribution < -0.4 is 22.1 Å². The summed E-state index contributed by atoms with van der Waals surface area (Å²) in [4.78, 5) is 0. The number of nitrogen functional groups attached to an aromatic ring is 2. The van der Waals surface area contributed by atoms with Crippen LogP contribution in [0.5, 0.6) is 0 Å². The summed E-state index contributed by atoms with van der Waals surface area (Å²) >= 11 is 0. The number of nitrogens with one attached hydrogen (secondary N) is 3. The lowest BCUT2D eigenvalue weighted by atomic mass is 10.0. The zero-order valence-electron chi connectivity index (χ0n) is 16.1. The van der Waals surface area contributed by atoms with Gasteiger partial charge in [-0.3, -0.25) is 5.41 Å². The third-order valence-corrected chi connectivity index (χ3v) is 5.89. The average molecular weight is 389 g/mol. The fourth-order valence-corrected chi connectivity index (χ4v) is 4.60. The molecular weight excluding hydrogens is 370 g/mol. The molecule has 5 heteroatoms. The minimum atomic E-state index is 0.121. The highest BCUT2D eigenvalue weighted by Gasteiger charge is 2.19. The van der Waals surface area contributed by atoms with Crippen molar-refractivity contribution in [3.63, 3.8) is 0 Å². The maximum Gasteiger partial charge on any atom is 0.197 e. The van der Waals surface area contributed by atoms with E-state index >= 15 is 0 Å². The number of anilines is 4. The van der Waals surface area contributed by atoms with Crippen molar-refractivity contribution in [1.82, 2.24) is 0 Å². The van der Waals surface area contributed by atoms with Crippen LogP contribution in [0.15, 0.2) is 48.5 Å². The van der Waals surface area contributed by atoms with Crippen molar-refractivity contribution in [2.24, 2.45) is 0 Å². The highest BCUT2D eigenvalue weighted by molar-refractivity contribution is 6.17. The van der Waals surface area contributed by atoms with Crippen molar-refractivity contribution in [1.29, 1.82) is 5.41 Å². The van der Waals surface area contributed by atoms with Gasteiger partial charge in [-0.2, -0.15) is 0 Å². The third kappa shape index (κ3) is 2.26. The molecule has 2 aliphatic carbocycles. The molecule has 6 rings (SSSR count). The molecule has 0 amide bonds. The van der Waals surface area contributed by atoms with Crippen LogP contribution in [-0.2, 0) is 0 Å². The number of rotatable bonds is 2. The van der Waals surface area contributed by atoms with E-state index in [9.17, 15) is 0 Å². The van der Waals surface area contributed by atoms with Gasteiger partial charge in [0.05, 0.1) is 22.7 Å². The van der Waals surface area contributed by atoms with Crippen molar-refractivity contribution in [3.05, 3.63) is 70.8 Å². The number of nitrogens with two attached hydrogens (primary N) is 2. The minimum absolute atomic E-state index is 0.121. The monoisotopic (exact) mass is 389 g/mol. The van der Waals surface area contributed by atoms with Gasteiger partial charge in [0, 0.05) is 11.1 Å². The first kappa shape index (κ1) is 16.7. The summed E-state index contributed by atoms with van der Waals surface area (Å²) in [7, 11) is 0. The topological polar surface area (TPSA) is 100.0 Å². The lowest BCUT2D eigenvalue weighted by Gasteiger charge is -2.18. The van der Waals surface area contributed by atoms with Crippen LogP contribution in [0.1, 0.15) is 22.3 Å². The largest absolute Gasteiger partial charge is 0.397 e. The molecule has 0 fully saturated rings. The highest BCUT2D eigenvalue weighted by atomic mass is 15.2. The predicted octanol–water partition coefficient (Wildman–Crippen LogP) is 5.58. The van der Waals surface area contributed by atoms with Gasteiger partial charge in [0.25, 0.3) is 0 Å². The second-order valence-electron chi connectivity index (χ2n) is 7.69. The highest BCUT2D eigenvalue weighted by Crippen LogP contribution is 2.41. The fraction of sp³-hybridized carbons (Fsp3) is 0. The van der Waals surface area contributed by atoms with Crippen LogP contribution >= 0.6 is 0 Å². The van der Waals surface area contributed by atoms with Gasteiger partial charge in [0.15, 0.2) is 5.96 Å². The molecule has 144 valence electrons. The molecule has 4 aromatic rings. The van der Waals surface area contributed by atoms with E-state index in [1.165, 1.54) is 0 Å². The minimum Gasteiger partial charge on any atom is -0.397 e. The second-order valence-corrected chi connectivity index (χ2v) is 7.69. The van der Waals surface area contributed by atoms with Gasteiger partial charge in [-0.25, -0.2) is 0 Å². The van der Waals surface area contributed by atoms with Crippen LogP contribution in [0.25, 0.3) is 45.8 Å². The van der Waals surface area contributed by atoms with Gasteiger partial charge in [-0.15, -0.1) is 0 Å². The molecule has 30 heavy (non-hydrogen) atoms. The molecule has 0 bridgehead atoms. The molecule has 0 saturated heterocycles. The molecule has 0 saturated carbocycles. The van der Waals surface area contributed by atoms with Crippen LogP contribution in [0.3, 0.4) is 0 Å². The molecule has 2 aliphatic rings. The summed E-state index contributed by atoms with van der Waals surface area (Å²) in [5.74, 6) is 0.121. The second kappa shape index (κ2) is 5.87. The molecular formula is C25H19N5. The number of hydrogen-bond donors (Lipinski definition) is 5. The Morgan fingerprint density at radius 3 is 1.60 bits per heavy atom. The molecule has 0 aliphatic heterocycles. The van der Waals surface area contributed by atoms with Crippen LogP contribution in [0.4, 0.5) is 22.7 Å². The van der Waals surface area contributed by atoms with Crippen molar-refractivity contribution in [2.75, 3.05) is 22.1 Å². The quantitative estimate of drug-likeness (QED) is 0.151. The Morgan fingerprint density at radius 1 is 0.667 bits per heavy atom. The fourth-order valence-electron chi connectivity index (χ4n) is 4.60. The van der Waals surface area contributed by atoms with Gasteiger partial charge in [0.2, 0.25) is 0 Å². The van der Waals surface area contributed by atoms with E-state index < -0.39 is 0 Å². The molecule has 7 N–H and O–H groups in total. The molecule has 0 radical (unpaired) electrons. The SMILES string of the molecule is N=C(Nc1c(N)cc2cccc3c2c1C=C3)Nc1c(N)cc2cccc3c2c1C=C3. The van der Waals surface area contributed by atoms with Gasteiger partial charge >= 0.3 is 0 Å². The Morgan fingerprint density at radius 2 is 1.13 bits per heavy atom. The van der Waals surface area contributed by atoms with E-state index in [4.69, 9.17) is 16.9 Å². The van der Waals surface area contributed by atoms with Gasteiger partial charge in [-0.1, -0.05) is 60.7 Å². The number of benzene rings is 4. The van der Waals surface area contributed by atoms with E-state index in [1.807, 2.05) is 36.4 Å². The van der Waals surface area contributed by atoms with Crippen LogP contribution in [-0.4, -0.2) is 5.96 Å². The first-order valence-corrected chi connectivity index (χ1v) is 9.79. The van der Waals surface area contributed by atoms with E-state index in [-0.39, 0.29) is 5.96 Å². The van der Waals surface area contributed by atoms with E-state index in [0.29, 0.717) is 11.4 Å². The molecule has 4 aromatic carbocycles. The maximum atomic E-state index is 8.57. The van der Waals surface area contributed by atoms with Crippen molar-refractivity contribution >= 4 is 74.6 Å². The van der Waals surface area contributed by atoms with E-state index in [2.05, 4.69) is 47.1 Å². The Kier molecular flexibility index (Phi) is 3.27. The molecule has 0 aromatic heterocycles. The number of guanidine groups is 1. The predicted molar refractivity (Wildman–Crippen MR) is 130 cm³/mol. The van der Waals surface area contributed by atoms with Crippen molar-refractivity contribution in [2.45, 2.75) is 0 Å². The molecule has 0 atom stereocenters. The number of hydrogen-bond acceptors (Lipinski definition) is 3. The third-order valence-electron chi connectivity index (χ3n) is 5.89. The molecule has 0 heterocycles. The van der Waals surface area contributed by atoms with Crippen LogP contribution in [0, 0.1) is 5.41 Å². The van der Waals surface area contributed by atoms with Gasteiger partial charge in [-0.05, 0) is 44.8 Å². The summed E-state index contributed by atoms with van der Waals surface area (Å²) in [6.45, 7) is 0. The van der Waals surface area contributed by atoms with E-state index in [0.717, 1.165) is 55.2 Å². The lowest BCUT2D eigenvalue weighted by Crippen LogP contribution is -2.23.